The number of benzene rings is 2. The molecule has 144 valence electrons. The second kappa shape index (κ2) is 10.2. The van der Waals surface area contributed by atoms with Crippen LogP contribution in [-0.2, 0) is 17.8 Å². The first kappa shape index (κ1) is 20.3. The fourth-order valence-corrected chi connectivity index (χ4v) is 2.89. The molecule has 6 nitrogen and oxygen atoms in total. The van der Waals surface area contributed by atoms with Crippen molar-refractivity contribution in [2.75, 3.05) is 13.7 Å². The zero-order valence-electron chi connectivity index (χ0n) is 15.7. The highest BCUT2D eigenvalue weighted by molar-refractivity contribution is 5.75. The van der Waals surface area contributed by atoms with Gasteiger partial charge in [0, 0.05) is 19.1 Å². The number of nitrogens with one attached hydrogen (secondary N) is 1. The number of ether oxygens (including phenoxy) is 1. The average Bonchev–Trinajstić information content (AvgIpc) is 2.66. The molecule has 1 unspecified atom stereocenters. The van der Waals surface area contributed by atoms with Crippen LogP contribution in [-0.4, -0.2) is 41.7 Å². The van der Waals surface area contributed by atoms with E-state index in [0.717, 1.165) is 16.9 Å². The third-order valence-electron chi connectivity index (χ3n) is 4.31. The van der Waals surface area contributed by atoms with E-state index < -0.39 is 5.97 Å². The van der Waals surface area contributed by atoms with Gasteiger partial charge in [0.05, 0.1) is 13.5 Å². The highest BCUT2D eigenvalue weighted by Gasteiger charge is 2.22. The van der Waals surface area contributed by atoms with Gasteiger partial charge in [0.2, 0.25) is 0 Å². The molecule has 0 fully saturated rings. The first-order valence-corrected chi connectivity index (χ1v) is 8.93. The molecule has 1 atom stereocenters. The van der Waals surface area contributed by atoms with Gasteiger partial charge in [-0.15, -0.1) is 0 Å². The van der Waals surface area contributed by atoms with Crippen LogP contribution in [0, 0.1) is 0 Å². The molecule has 0 bridgehead atoms. The number of aliphatic carboxylic acids is 1. The van der Waals surface area contributed by atoms with Crippen LogP contribution in [0.15, 0.2) is 54.6 Å². The first-order valence-electron chi connectivity index (χ1n) is 8.93. The Hall–Kier alpha value is -3.02. The number of urea groups is 1. The Bertz CT molecular complexity index is 749. The van der Waals surface area contributed by atoms with Gasteiger partial charge in [-0.25, -0.2) is 4.79 Å². The lowest BCUT2D eigenvalue weighted by Gasteiger charge is -2.30. The fraction of sp³-hybridized carbons (Fsp3) is 0.333. The molecular formula is C21H26N2O4. The SMILES string of the molecule is COc1ccccc1CC(C)N(Cc1ccccc1)C(=O)NCCC(=O)O. The number of carboxylic acid groups (broad SMARTS) is 1. The minimum atomic E-state index is -0.938. The van der Waals surface area contributed by atoms with Gasteiger partial charge in [0.25, 0.3) is 0 Å². The van der Waals surface area contributed by atoms with Crippen LogP contribution < -0.4 is 10.1 Å². The highest BCUT2D eigenvalue weighted by Crippen LogP contribution is 2.21. The minimum absolute atomic E-state index is 0.0981. The van der Waals surface area contributed by atoms with Gasteiger partial charge >= 0.3 is 12.0 Å². The topological polar surface area (TPSA) is 78.9 Å². The Morgan fingerprint density at radius 1 is 1.11 bits per heavy atom. The van der Waals surface area contributed by atoms with Crippen LogP contribution in [0.4, 0.5) is 4.79 Å². The third-order valence-corrected chi connectivity index (χ3v) is 4.31. The van der Waals surface area contributed by atoms with E-state index in [4.69, 9.17) is 9.84 Å². The maximum Gasteiger partial charge on any atom is 0.317 e. The molecule has 0 saturated heterocycles. The van der Waals surface area contributed by atoms with Crippen molar-refractivity contribution >= 4 is 12.0 Å². The standard InChI is InChI=1S/C21H26N2O4/c1-16(14-18-10-6-7-11-19(18)27-2)23(15-17-8-4-3-5-9-17)21(26)22-13-12-20(24)25/h3-11,16H,12-15H2,1-2H3,(H,22,26)(H,24,25). The van der Waals surface area contributed by atoms with Crippen molar-refractivity contribution in [1.82, 2.24) is 10.2 Å². The number of carbonyl (C=O) groups excluding carboxylic acids is 1. The van der Waals surface area contributed by atoms with Crippen molar-refractivity contribution in [1.29, 1.82) is 0 Å². The largest absolute Gasteiger partial charge is 0.496 e. The Kier molecular flexibility index (Phi) is 7.67. The summed E-state index contributed by atoms with van der Waals surface area (Å²) in [7, 11) is 1.63. The Balaban J connectivity index is 2.14. The number of carboxylic acids is 1. The summed E-state index contributed by atoms with van der Waals surface area (Å²) >= 11 is 0. The summed E-state index contributed by atoms with van der Waals surface area (Å²) < 4.78 is 5.41. The van der Waals surface area contributed by atoms with Crippen molar-refractivity contribution in [3.63, 3.8) is 0 Å². The molecule has 0 saturated carbocycles. The maximum atomic E-state index is 12.7. The quantitative estimate of drug-likeness (QED) is 0.710. The molecule has 0 radical (unpaired) electrons. The Labute approximate surface area is 159 Å². The number of hydrogen-bond donors (Lipinski definition) is 2. The molecule has 2 N–H and O–H groups in total. The highest BCUT2D eigenvalue weighted by atomic mass is 16.5. The molecule has 0 aliphatic rings. The zero-order valence-corrected chi connectivity index (χ0v) is 15.7. The Morgan fingerprint density at radius 3 is 2.44 bits per heavy atom. The van der Waals surface area contributed by atoms with Crippen molar-refractivity contribution in [3.8, 4) is 5.75 Å². The number of amides is 2. The van der Waals surface area contributed by atoms with E-state index in [-0.39, 0.29) is 25.0 Å². The van der Waals surface area contributed by atoms with Crippen LogP contribution in [0.25, 0.3) is 0 Å². The second-order valence-corrected chi connectivity index (χ2v) is 6.35. The molecule has 2 aromatic carbocycles. The molecule has 0 aliphatic heterocycles. The van der Waals surface area contributed by atoms with Crippen LogP contribution in [0.5, 0.6) is 5.75 Å². The lowest BCUT2D eigenvalue weighted by molar-refractivity contribution is -0.136. The van der Waals surface area contributed by atoms with Gasteiger partial charge in [0.15, 0.2) is 0 Å². The lowest BCUT2D eigenvalue weighted by atomic mass is 10.0. The molecule has 6 heteroatoms. The predicted octanol–water partition coefficient (Wildman–Crippen LogP) is 3.31. The van der Waals surface area contributed by atoms with Crippen LogP contribution >= 0.6 is 0 Å². The van der Waals surface area contributed by atoms with Gasteiger partial charge in [-0.1, -0.05) is 48.5 Å². The van der Waals surface area contributed by atoms with E-state index in [1.54, 1.807) is 12.0 Å². The van der Waals surface area contributed by atoms with E-state index >= 15 is 0 Å². The molecule has 2 rings (SSSR count). The van der Waals surface area contributed by atoms with Crippen molar-refractivity contribution in [2.45, 2.75) is 32.4 Å². The van der Waals surface area contributed by atoms with E-state index in [2.05, 4.69) is 5.32 Å². The van der Waals surface area contributed by atoms with E-state index in [1.165, 1.54) is 0 Å². The van der Waals surface area contributed by atoms with E-state index in [9.17, 15) is 9.59 Å². The maximum absolute atomic E-state index is 12.7. The van der Waals surface area contributed by atoms with Gasteiger partial charge in [-0.2, -0.15) is 0 Å². The fourth-order valence-electron chi connectivity index (χ4n) is 2.89. The summed E-state index contributed by atoms with van der Waals surface area (Å²) in [5.41, 5.74) is 2.03. The molecule has 2 aromatic rings. The lowest BCUT2D eigenvalue weighted by Crippen LogP contribution is -2.45. The number of methoxy groups -OCH3 is 1. The van der Waals surface area contributed by atoms with E-state index in [1.807, 2.05) is 61.5 Å². The van der Waals surface area contributed by atoms with Crippen LogP contribution in [0.1, 0.15) is 24.5 Å². The Morgan fingerprint density at radius 2 is 1.78 bits per heavy atom. The van der Waals surface area contributed by atoms with Gasteiger partial charge in [-0.05, 0) is 30.5 Å². The van der Waals surface area contributed by atoms with E-state index in [0.29, 0.717) is 13.0 Å². The minimum Gasteiger partial charge on any atom is -0.496 e. The summed E-state index contributed by atoms with van der Waals surface area (Å²) in [5.74, 6) is -0.151. The summed E-state index contributed by atoms with van der Waals surface area (Å²) in [6.07, 6.45) is 0.523. The number of rotatable bonds is 9. The smallest absolute Gasteiger partial charge is 0.317 e. The van der Waals surface area contributed by atoms with Crippen molar-refractivity contribution < 1.29 is 19.4 Å². The van der Waals surface area contributed by atoms with Gasteiger partial charge < -0.3 is 20.1 Å². The normalized spacial score (nSPS) is 11.5. The predicted molar refractivity (Wildman–Crippen MR) is 104 cm³/mol. The van der Waals surface area contributed by atoms with Gasteiger partial charge in [-0.3, -0.25) is 4.79 Å². The first-order chi connectivity index (χ1) is 13.0. The summed E-state index contributed by atoms with van der Waals surface area (Å²) in [4.78, 5) is 25.1. The van der Waals surface area contributed by atoms with Crippen LogP contribution in [0.3, 0.4) is 0 Å². The monoisotopic (exact) mass is 370 g/mol. The second-order valence-electron chi connectivity index (χ2n) is 6.35. The summed E-state index contributed by atoms with van der Waals surface area (Å²) in [5, 5.41) is 11.5. The van der Waals surface area contributed by atoms with Gasteiger partial charge in [0.1, 0.15) is 5.75 Å². The molecule has 0 aliphatic carbocycles. The number of para-hydroxylation sites is 1. The average molecular weight is 370 g/mol. The zero-order chi connectivity index (χ0) is 19.6. The number of nitrogens with zero attached hydrogens (tertiary/aromatic N) is 1. The molecule has 2 amide bonds. The molecule has 27 heavy (non-hydrogen) atoms. The summed E-state index contributed by atoms with van der Waals surface area (Å²) in [6, 6.07) is 17.1. The molecular weight excluding hydrogens is 344 g/mol. The van der Waals surface area contributed by atoms with Crippen LogP contribution in [0.2, 0.25) is 0 Å². The van der Waals surface area contributed by atoms with Crippen molar-refractivity contribution in [2.24, 2.45) is 0 Å². The summed E-state index contributed by atoms with van der Waals surface area (Å²) in [6.45, 7) is 2.52. The number of hydrogen-bond acceptors (Lipinski definition) is 3. The van der Waals surface area contributed by atoms with Crippen molar-refractivity contribution in [3.05, 3.63) is 65.7 Å². The third kappa shape index (κ3) is 6.33. The molecule has 0 heterocycles. The molecule has 0 aromatic heterocycles. The number of carbonyl (C=O) groups is 2. The molecule has 0 spiro atoms.